The smallest absolute Gasteiger partial charge is 0.321 e. The number of nitrogens with zero attached hydrogens (tertiary/aromatic N) is 1. The minimum absolute atomic E-state index is 0.326. The number of hydrogen-bond donors (Lipinski definition) is 1. The standard InChI is InChI=1S/C18H13F5N2O2/c19-12-5-3-6-13(20)16(12)24-17(27)10-8-15(26)25(9-10)14-7-2-1-4-11(14)18(21,22)23/h1-7,10H,8-9H2,(H,24,27). The first-order valence-corrected chi connectivity index (χ1v) is 7.90. The van der Waals surface area contributed by atoms with Crippen molar-refractivity contribution < 1.29 is 31.5 Å². The first kappa shape index (κ1) is 18.8. The Labute approximate surface area is 150 Å². The Balaban J connectivity index is 1.81. The molecule has 2 aromatic carbocycles. The number of alkyl halides is 3. The van der Waals surface area contributed by atoms with Gasteiger partial charge in [0.15, 0.2) is 0 Å². The lowest BCUT2D eigenvalue weighted by atomic mass is 10.1. The number of carbonyl (C=O) groups is 2. The molecular formula is C18H13F5N2O2. The Kier molecular flexibility index (Phi) is 4.86. The molecule has 27 heavy (non-hydrogen) atoms. The minimum Gasteiger partial charge on any atom is -0.321 e. The SMILES string of the molecule is O=C(Nc1c(F)cccc1F)C1CC(=O)N(c2ccccc2C(F)(F)F)C1. The van der Waals surface area contributed by atoms with Gasteiger partial charge in [-0.3, -0.25) is 9.59 Å². The van der Waals surface area contributed by atoms with Crippen LogP contribution in [0.15, 0.2) is 42.5 Å². The molecule has 4 nitrogen and oxygen atoms in total. The van der Waals surface area contributed by atoms with Crippen molar-refractivity contribution in [2.24, 2.45) is 5.92 Å². The van der Waals surface area contributed by atoms with Gasteiger partial charge in [-0.1, -0.05) is 18.2 Å². The summed E-state index contributed by atoms with van der Waals surface area (Å²) in [5.41, 5.74) is -2.02. The van der Waals surface area contributed by atoms with Crippen molar-refractivity contribution in [2.45, 2.75) is 12.6 Å². The Morgan fingerprint density at radius 2 is 1.67 bits per heavy atom. The molecule has 0 saturated carbocycles. The fourth-order valence-corrected chi connectivity index (χ4v) is 2.91. The number of para-hydroxylation sites is 2. The first-order chi connectivity index (χ1) is 12.7. The van der Waals surface area contributed by atoms with Crippen LogP contribution in [0, 0.1) is 17.6 Å². The molecule has 1 unspecified atom stereocenters. The van der Waals surface area contributed by atoms with E-state index in [2.05, 4.69) is 5.32 Å². The Morgan fingerprint density at radius 3 is 2.30 bits per heavy atom. The second-order valence-electron chi connectivity index (χ2n) is 6.01. The zero-order valence-corrected chi connectivity index (χ0v) is 13.7. The molecule has 1 aliphatic heterocycles. The van der Waals surface area contributed by atoms with Gasteiger partial charge in [-0.15, -0.1) is 0 Å². The van der Waals surface area contributed by atoms with Crippen LogP contribution in [0.5, 0.6) is 0 Å². The van der Waals surface area contributed by atoms with Gasteiger partial charge in [0, 0.05) is 13.0 Å². The second-order valence-corrected chi connectivity index (χ2v) is 6.01. The number of halogens is 5. The monoisotopic (exact) mass is 384 g/mol. The molecule has 0 aliphatic carbocycles. The third kappa shape index (κ3) is 3.76. The van der Waals surface area contributed by atoms with E-state index in [9.17, 15) is 31.5 Å². The fraction of sp³-hybridized carbons (Fsp3) is 0.222. The molecule has 1 N–H and O–H groups in total. The van der Waals surface area contributed by atoms with Gasteiger partial charge in [0.1, 0.15) is 17.3 Å². The normalized spacial score (nSPS) is 17.3. The van der Waals surface area contributed by atoms with Gasteiger partial charge in [0.2, 0.25) is 11.8 Å². The number of amides is 2. The van der Waals surface area contributed by atoms with Crippen LogP contribution in [-0.4, -0.2) is 18.4 Å². The van der Waals surface area contributed by atoms with E-state index in [-0.39, 0.29) is 18.7 Å². The highest BCUT2D eigenvalue weighted by Crippen LogP contribution is 2.38. The van der Waals surface area contributed by atoms with Crippen molar-refractivity contribution in [3.63, 3.8) is 0 Å². The van der Waals surface area contributed by atoms with E-state index in [4.69, 9.17) is 0 Å². The molecular weight excluding hydrogens is 371 g/mol. The highest BCUT2D eigenvalue weighted by Gasteiger charge is 2.40. The van der Waals surface area contributed by atoms with Gasteiger partial charge in [-0.25, -0.2) is 8.78 Å². The summed E-state index contributed by atoms with van der Waals surface area (Å²) in [4.78, 5) is 25.3. The van der Waals surface area contributed by atoms with Gasteiger partial charge in [0.05, 0.1) is 17.2 Å². The van der Waals surface area contributed by atoms with E-state index >= 15 is 0 Å². The Hall–Kier alpha value is -2.97. The summed E-state index contributed by atoms with van der Waals surface area (Å²) in [7, 11) is 0. The highest BCUT2D eigenvalue weighted by molar-refractivity contribution is 6.04. The average molecular weight is 384 g/mol. The Bertz CT molecular complexity index is 877. The van der Waals surface area contributed by atoms with Crippen LogP contribution in [0.1, 0.15) is 12.0 Å². The molecule has 3 rings (SSSR count). The van der Waals surface area contributed by atoms with E-state index in [0.29, 0.717) is 0 Å². The molecule has 142 valence electrons. The minimum atomic E-state index is -4.67. The molecule has 1 aliphatic rings. The van der Waals surface area contributed by atoms with Crippen molar-refractivity contribution in [1.82, 2.24) is 0 Å². The number of anilines is 2. The summed E-state index contributed by atoms with van der Waals surface area (Å²) in [6, 6.07) is 7.53. The summed E-state index contributed by atoms with van der Waals surface area (Å²) < 4.78 is 66.8. The summed E-state index contributed by atoms with van der Waals surface area (Å²) in [6.07, 6.45) is -5.04. The van der Waals surface area contributed by atoms with Gasteiger partial charge in [0.25, 0.3) is 0 Å². The molecule has 1 atom stereocenters. The number of rotatable bonds is 3. The lowest BCUT2D eigenvalue weighted by Crippen LogP contribution is -2.30. The summed E-state index contributed by atoms with van der Waals surface area (Å²) in [5.74, 6) is -4.56. The highest BCUT2D eigenvalue weighted by atomic mass is 19.4. The topological polar surface area (TPSA) is 49.4 Å². The van der Waals surface area contributed by atoms with Crippen molar-refractivity contribution in [3.05, 3.63) is 59.7 Å². The maximum atomic E-state index is 13.6. The lowest BCUT2D eigenvalue weighted by molar-refractivity contribution is -0.137. The maximum Gasteiger partial charge on any atom is 0.418 e. The van der Waals surface area contributed by atoms with Crippen molar-refractivity contribution in [2.75, 3.05) is 16.8 Å². The van der Waals surface area contributed by atoms with Crippen molar-refractivity contribution in [1.29, 1.82) is 0 Å². The number of carbonyl (C=O) groups excluding carboxylic acids is 2. The van der Waals surface area contributed by atoms with Crippen LogP contribution in [0.25, 0.3) is 0 Å². The molecule has 0 bridgehead atoms. The van der Waals surface area contributed by atoms with Crippen LogP contribution in [0.2, 0.25) is 0 Å². The van der Waals surface area contributed by atoms with Gasteiger partial charge in [-0.05, 0) is 24.3 Å². The van der Waals surface area contributed by atoms with E-state index in [0.717, 1.165) is 35.2 Å². The van der Waals surface area contributed by atoms with Crippen LogP contribution in [-0.2, 0) is 15.8 Å². The van der Waals surface area contributed by atoms with Crippen molar-refractivity contribution in [3.8, 4) is 0 Å². The van der Waals surface area contributed by atoms with Crippen LogP contribution in [0.3, 0.4) is 0 Å². The molecule has 1 heterocycles. The van der Waals surface area contributed by atoms with Gasteiger partial charge >= 0.3 is 6.18 Å². The molecule has 0 spiro atoms. The fourth-order valence-electron chi connectivity index (χ4n) is 2.91. The maximum absolute atomic E-state index is 13.6. The molecule has 2 amide bonds. The van der Waals surface area contributed by atoms with Gasteiger partial charge < -0.3 is 10.2 Å². The summed E-state index contributed by atoms with van der Waals surface area (Å²) >= 11 is 0. The third-order valence-electron chi connectivity index (χ3n) is 4.21. The third-order valence-corrected chi connectivity index (χ3v) is 4.21. The number of benzene rings is 2. The van der Waals surface area contributed by atoms with Crippen LogP contribution < -0.4 is 10.2 Å². The largest absolute Gasteiger partial charge is 0.418 e. The van der Waals surface area contributed by atoms with Crippen molar-refractivity contribution >= 4 is 23.2 Å². The Morgan fingerprint density at radius 1 is 1.04 bits per heavy atom. The van der Waals surface area contributed by atoms with E-state index in [1.54, 1.807) is 0 Å². The lowest BCUT2D eigenvalue weighted by Gasteiger charge is -2.21. The van der Waals surface area contributed by atoms with Gasteiger partial charge in [-0.2, -0.15) is 13.2 Å². The summed E-state index contributed by atoms with van der Waals surface area (Å²) in [6.45, 7) is -0.326. The quantitative estimate of drug-likeness (QED) is 0.814. The molecule has 9 heteroatoms. The van der Waals surface area contributed by atoms with Crippen LogP contribution in [0.4, 0.5) is 33.3 Å². The molecule has 2 aromatic rings. The predicted octanol–water partition coefficient (Wildman–Crippen LogP) is 3.98. The predicted molar refractivity (Wildman–Crippen MR) is 86.9 cm³/mol. The van der Waals surface area contributed by atoms with E-state index in [1.807, 2.05) is 0 Å². The first-order valence-electron chi connectivity index (χ1n) is 7.90. The average Bonchev–Trinajstić information content (AvgIpc) is 2.99. The van der Waals surface area contributed by atoms with Crippen LogP contribution >= 0.6 is 0 Å². The summed E-state index contributed by atoms with van der Waals surface area (Å²) in [5, 5.41) is 2.07. The molecule has 0 aromatic heterocycles. The zero-order valence-electron chi connectivity index (χ0n) is 13.7. The second kappa shape index (κ2) is 6.98. The number of hydrogen-bond acceptors (Lipinski definition) is 2. The van der Waals surface area contributed by atoms with E-state index < -0.39 is 46.8 Å². The molecule has 0 radical (unpaired) electrons. The zero-order chi connectivity index (χ0) is 19.8. The number of nitrogens with one attached hydrogen (secondary N) is 1. The molecule has 1 fully saturated rings. The van der Waals surface area contributed by atoms with E-state index in [1.165, 1.54) is 12.1 Å². The molecule has 1 saturated heterocycles.